The first-order valence-corrected chi connectivity index (χ1v) is 4.56. The van der Waals surface area contributed by atoms with Crippen LogP contribution >= 0.6 is 12.6 Å². The molecule has 0 aromatic carbocycles. The molecular weight excluding hydrogens is 199 g/mol. The predicted octanol–water partition coefficient (Wildman–Crippen LogP) is -1.28. The average molecular weight is 214 g/mol. The first kappa shape index (κ1) is 13.1. The van der Waals surface area contributed by atoms with Crippen LogP contribution in [0.5, 0.6) is 0 Å². The van der Waals surface area contributed by atoms with Gasteiger partial charge in [0, 0.05) is 12.2 Å². The Morgan fingerprint density at radius 2 is 1.62 bits per heavy atom. The molecule has 0 aliphatic heterocycles. The van der Waals surface area contributed by atoms with Crippen molar-refractivity contribution in [2.75, 3.05) is 12.4 Å². The SMILES string of the molecule is OC[C@H](F)[C@@H](O)C[C@H](O)C(O)CS. The van der Waals surface area contributed by atoms with Gasteiger partial charge in [0.1, 0.15) is 6.17 Å². The van der Waals surface area contributed by atoms with Crippen molar-refractivity contribution in [3.63, 3.8) is 0 Å². The number of rotatable bonds is 6. The monoisotopic (exact) mass is 214 g/mol. The standard InChI is InChI=1S/C7H15FO4S/c8-4(2-9)5(10)1-6(11)7(12)3-13/h4-7,9-13H,1-3H2/t4-,5-,6-,7?/m0/s1. The lowest BCUT2D eigenvalue weighted by atomic mass is 10.0. The van der Waals surface area contributed by atoms with Crippen molar-refractivity contribution < 1.29 is 24.8 Å². The molecule has 4 N–H and O–H groups in total. The van der Waals surface area contributed by atoms with E-state index >= 15 is 0 Å². The molecule has 0 saturated carbocycles. The van der Waals surface area contributed by atoms with Crippen LogP contribution in [0.25, 0.3) is 0 Å². The number of thiol groups is 1. The smallest absolute Gasteiger partial charge is 0.149 e. The second kappa shape index (κ2) is 6.56. The van der Waals surface area contributed by atoms with Crippen molar-refractivity contribution in [3.8, 4) is 0 Å². The van der Waals surface area contributed by atoms with Gasteiger partial charge in [-0.05, 0) is 0 Å². The van der Waals surface area contributed by atoms with Crippen molar-refractivity contribution in [2.24, 2.45) is 0 Å². The van der Waals surface area contributed by atoms with Gasteiger partial charge in [-0.25, -0.2) is 4.39 Å². The summed E-state index contributed by atoms with van der Waals surface area (Å²) < 4.78 is 12.5. The molecule has 0 amide bonds. The zero-order valence-corrected chi connectivity index (χ0v) is 7.94. The van der Waals surface area contributed by atoms with E-state index in [1.807, 2.05) is 0 Å². The Hall–Kier alpha value is 0.120. The zero-order valence-electron chi connectivity index (χ0n) is 7.04. The van der Waals surface area contributed by atoms with Crippen LogP contribution in [0.1, 0.15) is 6.42 Å². The lowest BCUT2D eigenvalue weighted by molar-refractivity contribution is -0.0311. The molecule has 6 heteroatoms. The van der Waals surface area contributed by atoms with Gasteiger partial charge in [0.2, 0.25) is 0 Å². The topological polar surface area (TPSA) is 80.9 Å². The third kappa shape index (κ3) is 4.78. The first-order valence-electron chi connectivity index (χ1n) is 3.92. The maximum Gasteiger partial charge on any atom is 0.149 e. The first-order chi connectivity index (χ1) is 6.02. The molecule has 0 aliphatic carbocycles. The van der Waals surface area contributed by atoms with Gasteiger partial charge >= 0.3 is 0 Å². The van der Waals surface area contributed by atoms with Crippen LogP contribution in [0.2, 0.25) is 0 Å². The minimum atomic E-state index is -1.79. The van der Waals surface area contributed by atoms with E-state index in [1.54, 1.807) is 0 Å². The summed E-state index contributed by atoms with van der Waals surface area (Å²) in [6.45, 7) is -0.801. The Kier molecular flexibility index (Phi) is 6.62. The zero-order chi connectivity index (χ0) is 10.4. The maximum absolute atomic E-state index is 12.5. The summed E-state index contributed by atoms with van der Waals surface area (Å²) in [6.07, 6.45) is -5.89. The third-order valence-electron chi connectivity index (χ3n) is 1.71. The molecule has 1 unspecified atom stereocenters. The highest BCUT2D eigenvalue weighted by molar-refractivity contribution is 7.80. The Morgan fingerprint density at radius 1 is 1.08 bits per heavy atom. The summed E-state index contributed by atoms with van der Waals surface area (Å²) in [7, 11) is 0. The van der Waals surface area contributed by atoms with E-state index in [0.29, 0.717) is 0 Å². The molecule has 0 fully saturated rings. The molecular formula is C7H15FO4S. The van der Waals surface area contributed by atoms with Crippen molar-refractivity contribution in [1.29, 1.82) is 0 Å². The van der Waals surface area contributed by atoms with E-state index in [4.69, 9.17) is 20.4 Å². The molecule has 4 nitrogen and oxygen atoms in total. The highest BCUT2D eigenvalue weighted by atomic mass is 32.1. The molecule has 0 radical (unpaired) electrons. The molecule has 4 atom stereocenters. The lowest BCUT2D eigenvalue weighted by Crippen LogP contribution is -2.36. The molecule has 0 spiro atoms. The van der Waals surface area contributed by atoms with Gasteiger partial charge < -0.3 is 20.4 Å². The van der Waals surface area contributed by atoms with Gasteiger partial charge in [-0.15, -0.1) is 0 Å². The number of hydrogen-bond acceptors (Lipinski definition) is 5. The van der Waals surface area contributed by atoms with E-state index in [0.717, 1.165) is 0 Å². The van der Waals surface area contributed by atoms with Gasteiger partial charge in [0.15, 0.2) is 0 Å². The molecule has 0 bridgehead atoms. The molecule has 80 valence electrons. The summed E-state index contributed by atoms with van der Waals surface area (Å²) in [4.78, 5) is 0. The summed E-state index contributed by atoms with van der Waals surface area (Å²) in [5, 5.41) is 35.5. The number of aliphatic hydroxyl groups is 4. The van der Waals surface area contributed by atoms with Gasteiger partial charge in [0.25, 0.3) is 0 Å². The Morgan fingerprint density at radius 3 is 2.00 bits per heavy atom. The number of halogens is 1. The van der Waals surface area contributed by atoms with Crippen LogP contribution in [0.4, 0.5) is 4.39 Å². The van der Waals surface area contributed by atoms with Crippen molar-refractivity contribution in [1.82, 2.24) is 0 Å². The van der Waals surface area contributed by atoms with E-state index in [1.165, 1.54) is 0 Å². The number of aliphatic hydroxyl groups excluding tert-OH is 4. The molecule has 13 heavy (non-hydrogen) atoms. The highest BCUT2D eigenvalue weighted by Crippen LogP contribution is 2.09. The lowest BCUT2D eigenvalue weighted by Gasteiger charge is -2.20. The fraction of sp³-hybridized carbons (Fsp3) is 1.00. The minimum absolute atomic E-state index is 0.0317. The van der Waals surface area contributed by atoms with Crippen molar-refractivity contribution >= 4 is 12.6 Å². The van der Waals surface area contributed by atoms with Gasteiger partial charge in [0.05, 0.1) is 24.9 Å². The Labute approximate surface area is 81.4 Å². The molecule has 0 aliphatic rings. The fourth-order valence-corrected chi connectivity index (χ4v) is 1.04. The highest BCUT2D eigenvalue weighted by Gasteiger charge is 2.24. The van der Waals surface area contributed by atoms with Crippen LogP contribution in [-0.2, 0) is 0 Å². The summed E-state index contributed by atoms with van der Waals surface area (Å²) in [5.74, 6) is 0.0317. The van der Waals surface area contributed by atoms with Crippen LogP contribution in [0, 0.1) is 0 Å². The molecule has 0 saturated heterocycles. The average Bonchev–Trinajstić information content (AvgIpc) is 2.14. The molecule has 0 rings (SSSR count). The van der Waals surface area contributed by atoms with Crippen molar-refractivity contribution in [2.45, 2.75) is 30.9 Å². The van der Waals surface area contributed by atoms with Crippen LogP contribution in [0.15, 0.2) is 0 Å². The van der Waals surface area contributed by atoms with Crippen LogP contribution in [0.3, 0.4) is 0 Å². The largest absolute Gasteiger partial charge is 0.393 e. The van der Waals surface area contributed by atoms with Crippen LogP contribution < -0.4 is 0 Å². The molecule has 0 heterocycles. The quantitative estimate of drug-likeness (QED) is 0.357. The number of hydrogen-bond donors (Lipinski definition) is 5. The second-order valence-electron chi connectivity index (χ2n) is 2.82. The van der Waals surface area contributed by atoms with E-state index < -0.39 is 31.1 Å². The van der Waals surface area contributed by atoms with Gasteiger partial charge in [-0.1, -0.05) is 0 Å². The maximum atomic E-state index is 12.5. The normalized spacial score (nSPS) is 20.8. The third-order valence-corrected chi connectivity index (χ3v) is 2.08. The molecule has 0 aromatic rings. The minimum Gasteiger partial charge on any atom is -0.393 e. The van der Waals surface area contributed by atoms with Crippen LogP contribution in [-0.4, -0.2) is 57.3 Å². The van der Waals surface area contributed by atoms with Gasteiger partial charge in [-0.2, -0.15) is 12.6 Å². The number of alkyl halides is 1. The summed E-state index contributed by atoms with van der Waals surface area (Å²) >= 11 is 3.72. The predicted molar refractivity (Wildman–Crippen MR) is 48.5 cm³/mol. The van der Waals surface area contributed by atoms with E-state index in [-0.39, 0.29) is 12.2 Å². The second-order valence-corrected chi connectivity index (χ2v) is 3.18. The van der Waals surface area contributed by atoms with E-state index in [9.17, 15) is 4.39 Å². The van der Waals surface area contributed by atoms with E-state index in [2.05, 4.69) is 12.6 Å². The summed E-state index contributed by atoms with van der Waals surface area (Å²) in [5.41, 5.74) is 0. The van der Waals surface area contributed by atoms with Crippen molar-refractivity contribution in [3.05, 3.63) is 0 Å². The fourth-order valence-electron chi connectivity index (χ4n) is 0.796. The molecule has 0 aromatic heterocycles. The summed E-state index contributed by atoms with van der Waals surface area (Å²) in [6, 6.07) is 0. The van der Waals surface area contributed by atoms with Gasteiger partial charge in [-0.3, -0.25) is 0 Å². The Bertz CT molecular complexity index is 124. The Balaban J connectivity index is 3.83.